The molecule has 1 heterocycles. The maximum Gasteiger partial charge on any atom is 0.271 e. The molecule has 0 saturated carbocycles. The number of primary amides is 1. The van der Waals surface area contributed by atoms with Crippen molar-refractivity contribution in [3.63, 3.8) is 0 Å². The van der Waals surface area contributed by atoms with Crippen LogP contribution in [-0.4, -0.2) is 22.4 Å². The molecule has 0 unspecified atom stereocenters. The van der Waals surface area contributed by atoms with Gasteiger partial charge in [0.2, 0.25) is 0 Å². The molecule has 100 valence electrons. The standard InChI is InChI=1S/C14H18N4O/c1-4-5-16-14-12(13(15)19)17-10-6-8(2)9(3)7-11(10)18-14/h6-7H,4-5H2,1-3H3,(H2,15,19)(H,16,18). The maximum atomic E-state index is 11.5. The van der Waals surface area contributed by atoms with Gasteiger partial charge in [0.05, 0.1) is 11.0 Å². The Kier molecular flexibility index (Phi) is 3.64. The molecule has 0 atom stereocenters. The van der Waals surface area contributed by atoms with Gasteiger partial charge in [-0.1, -0.05) is 6.92 Å². The molecule has 0 fully saturated rings. The lowest BCUT2D eigenvalue weighted by atomic mass is 10.1. The summed E-state index contributed by atoms with van der Waals surface area (Å²) in [5.41, 5.74) is 9.29. The summed E-state index contributed by atoms with van der Waals surface area (Å²) in [4.78, 5) is 20.3. The Morgan fingerprint density at radius 2 is 1.79 bits per heavy atom. The van der Waals surface area contributed by atoms with Crippen LogP contribution in [-0.2, 0) is 0 Å². The number of rotatable bonds is 4. The average Bonchev–Trinajstić information content (AvgIpc) is 2.36. The lowest BCUT2D eigenvalue weighted by Crippen LogP contribution is -2.18. The molecule has 0 radical (unpaired) electrons. The summed E-state index contributed by atoms with van der Waals surface area (Å²) in [6, 6.07) is 3.90. The summed E-state index contributed by atoms with van der Waals surface area (Å²) in [6.45, 7) is 6.80. The fraction of sp³-hybridized carbons (Fsp3) is 0.357. The fourth-order valence-electron chi connectivity index (χ4n) is 1.85. The third-order valence-corrected chi connectivity index (χ3v) is 3.06. The van der Waals surface area contributed by atoms with E-state index >= 15 is 0 Å². The number of aromatic nitrogens is 2. The highest BCUT2D eigenvalue weighted by molar-refractivity contribution is 5.97. The summed E-state index contributed by atoms with van der Waals surface area (Å²) >= 11 is 0. The Morgan fingerprint density at radius 3 is 2.32 bits per heavy atom. The van der Waals surface area contributed by atoms with Crippen LogP contribution in [0.2, 0.25) is 0 Å². The molecule has 5 heteroatoms. The second-order valence-electron chi connectivity index (χ2n) is 4.64. The van der Waals surface area contributed by atoms with Gasteiger partial charge in [-0.25, -0.2) is 9.97 Å². The number of aryl methyl sites for hydroxylation is 2. The van der Waals surface area contributed by atoms with E-state index < -0.39 is 5.91 Å². The zero-order valence-electron chi connectivity index (χ0n) is 11.4. The van der Waals surface area contributed by atoms with E-state index in [-0.39, 0.29) is 5.69 Å². The molecule has 0 aliphatic carbocycles. The van der Waals surface area contributed by atoms with Crippen LogP contribution in [0.15, 0.2) is 12.1 Å². The molecule has 0 saturated heterocycles. The normalized spacial score (nSPS) is 10.7. The molecule has 2 aromatic rings. The Labute approximate surface area is 112 Å². The Hall–Kier alpha value is -2.17. The predicted octanol–water partition coefficient (Wildman–Crippen LogP) is 2.17. The molecule has 1 aromatic heterocycles. The number of amides is 1. The number of nitrogens with zero attached hydrogens (tertiary/aromatic N) is 2. The number of carbonyl (C=O) groups excluding carboxylic acids is 1. The molecule has 1 aromatic carbocycles. The molecule has 3 N–H and O–H groups in total. The Bertz CT molecular complexity index is 637. The molecule has 0 bridgehead atoms. The molecule has 0 aliphatic heterocycles. The van der Waals surface area contributed by atoms with Gasteiger partial charge in [0.1, 0.15) is 0 Å². The van der Waals surface area contributed by atoms with Crippen molar-refractivity contribution in [3.8, 4) is 0 Å². The van der Waals surface area contributed by atoms with Crippen LogP contribution < -0.4 is 11.1 Å². The molecule has 5 nitrogen and oxygen atoms in total. The number of hydrogen-bond donors (Lipinski definition) is 2. The number of nitrogens with two attached hydrogens (primary N) is 1. The Morgan fingerprint density at radius 1 is 1.21 bits per heavy atom. The van der Waals surface area contributed by atoms with Crippen molar-refractivity contribution in [2.45, 2.75) is 27.2 Å². The van der Waals surface area contributed by atoms with Crippen molar-refractivity contribution in [1.82, 2.24) is 9.97 Å². The first-order valence-electron chi connectivity index (χ1n) is 6.35. The van der Waals surface area contributed by atoms with Gasteiger partial charge in [0.25, 0.3) is 5.91 Å². The molecular weight excluding hydrogens is 240 g/mol. The van der Waals surface area contributed by atoms with E-state index in [1.165, 1.54) is 0 Å². The number of benzene rings is 1. The van der Waals surface area contributed by atoms with Crippen molar-refractivity contribution in [2.75, 3.05) is 11.9 Å². The summed E-state index contributed by atoms with van der Waals surface area (Å²) in [5.74, 6) is -0.101. The minimum Gasteiger partial charge on any atom is -0.368 e. The van der Waals surface area contributed by atoms with Crippen molar-refractivity contribution in [2.24, 2.45) is 5.73 Å². The van der Waals surface area contributed by atoms with Gasteiger partial charge in [-0.15, -0.1) is 0 Å². The van der Waals surface area contributed by atoms with Crippen LogP contribution in [0.5, 0.6) is 0 Å². The highest BCUT2D eigenvalue weighted by atomic mass is 16.1. The smallest absolute Gasteiger partial charge is 0.271 e. The fourth-order valence-corrected chi connectivity index (χ4v) is 1.85. The van der Waals surface area contributed by atoms with Gasteiger partial charge in [-0.05, 0) is 43.5 Å². The van der Waals surface area contributed by atoms with Crippen molar-refractivity contribution in [1.29, 1.82) is 0 Å². The van der Waals surface area contributed by atoms with Crippen LogP contribution >= 0.6 is 0 Å². The molecular formula is C14H18N4O. The summed E-state index contributed by atoms with van der Waals surface area (Å²) in [7, 11) is 0. The second-order valence-corrected chi connectivity index (χ2v) is 4.64. The monoisotopic (exact) mass is 258 g/mol. The third-order valence-electron chi connectivity index (χ3n) is 3.06. The quantitative estimate of drug-likeness (QED) is 0.880. The first-order valence-corrected chi connectivity index (χ1v) is 6.35. The van der Waals surface area contributed by atoms with E-state index in [1.54, 1.807) is 0 Å². The third kappa shape index (κ3) is 2.65. The van der Waals surface area contributed by atoms with Gasteiger partial charge >= 0.3 is 0 Å². The van der Waals surface area contributed by atoms with Crippen LogP contribution in [0.1, 0.15) is 35.0 Å². The second kappa shape index (κ2) is 5.22. The number of fused-ring (bicyclic) bond motifs is 1. The van der Waals surface area contributed by atoms with Crippen LogP contribution in [0.3, 0.4) is 0 Å². The minimum absolute atomic E-state index is 0.198. The van der Waals surface area contributed by atoms with Crippen LogP contribution in [0.4, 0.5) is 5.82 Å². The van der Waals surface area contributed by atoms with Crippen molar-refractivity contribution in [3.05, 3.63) is 29.0 Å². The first-order chi connectivity index (χ1) is 9.02. The van der Waals surface area contributed by atoms with E-state index in [2.05, 4.69) is 15.3 Å². The lowest BCUT2D eigenvalue weighted by Gasteiger charge is -2.10. The summed E-state index contributed by atoms with van der Waals surface area (Å²) in [5, 5.41) is 3.10. The predicted molar refractivity (Wildman–Crippen MR) is 76.3 cm³/mol. The summed E-state index contributed by atoms with van der Waals surface area (Å²) < 4.78 is 0. The molecule has 2 rings (SSSR count). The molecule has 0 spiro atoms. The average molecular weight is 258 g/mol. The molecule has 0 aliphatic rings. The van der Waals surface area contributed by atoms with Gasteiger partial charge in [-0.3, -0.25) is 4.79 Å². The van der Waals surface area contributed by atoms with Gasteiger partial charge in [0, 0.05) is 6.54 Å². The summed E-state index contributed by atoms with van der Waals surface area (Å²) in [6.07, 6.45) is 0.935. The molecule has 19 heavy (non-hydrogen) atoms. The van der Waals surface area contributed by atoms with E-state index in [9.17, 15) is 4.79 Å². The van der Waals surface area contributed by atoms with Crippen molar-refractivity contribution < 1.29 is 4.79 Å². The SMILES string of the molecule is CCCNc1nc2cc(C)c(C)cc2nc1C(N)=O. The zero-order valence-corrected chi connectivity index (χ0v) is 11.4. The van der Waals surface area contributed by atoms with Gasteiger partial charge < -0.3 is 11.1 Å². The Balaban J connectivity index is 2.62. The lowest BCUT2D eigenvalue weighted by molar-refractivity contribution is 0.0996. The number of nitrogens with one attached hydrogen (secondary N) is 1. The zero-order chi connectivity index (χ0) is 14.0. The maximum absolute atomic E-state index is 11.5. The first kappa shape index (κ1) is 13.3. The van der Waals surface area contributed by atoms with E-state index in [4.69, 9.17) is 5.73 Å². The highest BCUT2D eigenvalue weighted by Crippen LogP contribution is 2.20. The number of carbonyl (C=O) groups is 1. The van der Waals surface area contributed by atoms with Gasteiger partial charge in [0.15, 0.2) is 11.5 Å². The minimum atomic E-state index is -0.564. The van der Waals surface area contributed by atoms with Gasteiger partial charge in [-0.2, -0.15) is 0 Å². The number of hydrogen-bond acceptors (Lipinski definition) is 4. The number of anilines is 1. The van der Waals surface area contributed by atoms with E-state index in [0.29, 0.717) is 11.3 Å². The topological polar surface area (TPSA) is 80.9 Å². The van der Waals surface area contributed by atoms with Crippen LogP contribution in [0, 0.1) is 13.8 Å². The largest absolute Gasteiger partial charge is 0.368 e. The van der Waals surface area contributed by atoms with Crippen molar-refractivity contribution >= 4 is 22.8 Å². The van der Waals surface area contributed by atoms with E-state index in [1.807, 2.05) is 32.9 Å². The van der Waals surface area contributed by atoms with E-state index in [0.717, 1.165) is 29.6 Å². The molecule has 1 amide bonds. The highest BCUT2D eigenvalue weighted by Gasteiger charge is 2.13. The van der Waals surface area contributed by atoms with Crippen LogP contribution in [0.25, 0.3) is 11.0 Å².